The Morgan fingerprint density at radius 1 is 1.17 bits per heavy atom. The number of rotatable bonds is 13. The van der Waals surface area contributed by atoms with Gasteiger partial charge in [0.1, 0.15) is 11.6 Å². The van der Waals surface area contributed by atoms with Crippen LogP contribution < -0.4 is 10.6 Å². The highest BCUT2D eigenvalue weighted by molar-refractivity contribution is 7.89. The number of fused-ring (bicyclic) bond motifs is 2. The van der Waals surface area contributed by atoms with Crippen LogP contribution >= 0.6 is 0 Å². The van der Waals surface area contributed by atoms with Crippen LogP contribution in [0, 0.1) is 29.6 Å². The minimum atomic E-state index is -4.05. The Kier molecular flexibility index (Phi) is 9.05. The first-order valence-corrected chi connectivity index (χ1v) is 17.7. The Bertz CT molecular complexity index is 1630. The van der Waals surface area contributed by atoms with Crippen molar-refractivity contribution >= 4 is 33.1 Å². The standard InChI is InChI=1S/C33H42N4O8S/c1-34-33-36-27-8-7-24(14-29(27)44-33)46(40,41)37(16-21-9-10-35-15-21)17-28(38)22(11-20-5-3-2-4-6-20)13-30(39)45-31-23-12-25-26(31)19-43-32(25)42-18-23/h2-8,14,21-23,25-26,28,31-32,35,38H,9-13,15-19H2,1H3,(H,34,36)/t21?,22-,23-,25?,26?,28-,31?,32?/m1/s1. The quantitative estimate of drug-likeness (QED) is 0.233. The molecule has 2 bridgehead atoms. The highest BCUT2D eigenvalue weighted by Gasteiger charge is 2.56. The molecule has 1 aliphatic carbocycles. The lowest BCUT2D eigenvalue weighted by molar-refractivity contribution is -0.178. The SMILES string of the molecule is CNc1nc2ccc(S(=O)(=O)N(CC3CCNC3)C[C@@H](O)[C@@H](CC(=O)OC3C4COC5OC[C@H]3CC54)Cc3ccccc3)cc2o1. The van der Waals surface area contributed by atoms with Gasteiger partial charge in [0.05, 0.1) is 30.6 Å². The van der Waals surface area contributed by atoms with Crippen molar-refractivity contribution < 1.29 is 36.9 Å². The minimum Gasteiger partial charge on any atom is -0.462 e. The average Bonchev–Trinajstić information content (AvgIpc) is 3.85. The van der Waals surface area contributed by atoms with Gasteiger partial charge in [-0.25, -0.2) is 8.42 Å². The fourth-order valence-electron chi connectivity index (χ4n) is 7.63. The Labute approximate surface area is 268 Å². The fourth-order valence-corrected chi connectivity index (χ4v) is 9.18. The third-order valence-corrected chi connectivity index (χ3v) is 11.9. The largest absolute Gasteiger partial charge is 0.462 e. The van der Waals surface area contributed by atoms with Crippen LogP contribution in [-0.2, 0) is 35.4 Å². The number of nitrogens with one attached hydrogen (secondary N) is 2. The molecule has 0 spiro atoms. The van der Waals surface area contributed by atoms with E-state index in [0.29, 0.717) is 43.3 Å². The van der Waals surface area contributed by atoms with Gasteiger partial charge in [-0.2, -0.15) is 9.29 Å². The van der Waals surface area contributed by atoms with Gasteiger partial charge in [-0.05, 0) is 56.0 Å². The fraction of sp³-hybridized carbons (Fsp3) is 0.576. The van der Waals surface area contributed by atoms with Gasteiger partial charge in [0.2, 0.25) is 10.0 Å². The van der Waals surface area contributed by atoms with E-state index in [0.717, 1.165) is 24.9 Å². The molecule has 0 amide bonds. The highest BCUT2D eigenvalue weighted by atomic mass is 32.2. The lowest BCUT2D eigenvalue weighted by Crippen LogP contribution is -2.44. The van der Waals surface area contributed by atoms with Crippen LogP contribution in [0.5, 0.6) is 0 Å². The predicted molar refractivity (Wildman–Crippen MR) is 168 cm³/mol. The normalized spacial score (nSPS) is 28.5. The lowest BCUT2D eigenvalue weighted by atomic mass is 9.90. The molecule has 248 valence electrons. The van der Waals surface area contributed by atoms with Crippen LogP contribution in [0.1, 0.15) is 24.8 Å². The summed E-state index contributed by atoms with van der Waals surface area (Å²) in [5.74, 6) is -0.383. The Morgan fingerprint density at radius 2 is 2.00 bits per heavy atom. The summed E-state index contributed by atoms with van der Waals surface area (Å²) in [5, 5.41) is 17.9. The maximum Gasteiger partial charge on any atom is 0.306 e. The summed E-state index contributed by atoms with van der Waals surface area (Å²) in [7, 11) is -2.37. The number of aromatic nitrogens is 1. The summed E-state index contributed by atoms with van der Waals surface area (Å²) in [4.78, 5) is 17.9. The number of anilines is 1. The number of aliphatic hydroxyl groups excluding tert-OH is 1. The number of esters is 1. The van der Waals surface area contributed by atoms with Crippen molar-refractivity contribution in [2.45, 2.75) is 49.1 Å². The van der Waals surface area contributed by atoms with Crippen molar-refractivity contribution in [3.8, 4) is 0 Å². The van der Waals surface area contributed by atoms with Gasteiger partial charge < -0.3 is 34.4 Å². The average molecular weight is 655 g/mol. The summed E-state index contributed by atoms with van der Waals surface area (Å²) in [6.07, 6.45) is 0.470. The lowest BCUT2D eigenvalue weighted by Gasteiger charge is -2.31. The number of hydrogen-bond acceptors (Lipinski definition) is 11. The molecule has 46 heavy (non-hydrogen) atoms. The molecule has 3 aliphatic heterocycles. The second kappa shape index (κ2) is 13.2. The molecular weight excluding hydrogens is 612 g/mol. The monoisotopic (exact) mass is 654 g/mol. The van der Waals surface area contributed by atoms with Gasteiger partial charge in [-0.15, -0.1) is 0 Å². The number of carbonyl (C=O) groups is 1. The van der Waals surface area contributed by atoms with Gasteiger partial charge >= 0.3 is 5.97 Å². The molecule has 7 rings (SSSR count). The van der Waals surface area contributed by atoms with Crippen LogP contribution in [0.2, 0.25) is 0 Å². The van der Waals surface area contributed by atoms with E-state index in [-0.39, 0.29) is 60.5 Å². The molecule has 0 radical (unpaired) electrons. The Balaban J connectivity index is 1.12. The van der Waals surface area contributed by atoms with E-state index in [9.17, 15) is 18.3 Å². The molecule has 4 heterocycles. The molecule has 4 aliphatic rings. The van der Waals surface area contributed by atoms with Crippen molar-refractivity contribution in [2.24, 2.45) is 29.6 Å². The molecule has 2 aromatic carbocycles. The zero-order valence-corrected chi connectivity index (χ0v) is 26.7. The number of nitrogens with zero attached hydrogens (tertiary/aromatic N) is 2. The third-order valence-electron chi connectivity index (χ3n) is 10.1. The molecular formula is C33H42N4O8S. The van der Waals surface area contributed by atoms with E-state index < -0.39 is 28.0 Å². The smallest absolute Gasteiger partial charge is 0.306 e. The molecule has 3 aromatic rings. The van der Waals surface area contributed by atoms with Crippen molar-refractivity contribution in [3.05, 3.63) is 54.1 Å². The van der Waals surface area contributed by atoms with Gasteiger partial charge in [0.25, 0.3) is 6.01 Å². The van der Waals surface area contributed by atoms with E-state index in [2.05, 4.69) is 15.6 Å². The van der Waals surface area contributed by atoms with Gasteiger partial charge in [0.15, 0.2) is 11.9 Å². The van der Waals surface area contributed by atoms with Crippen LogP contribution in [0.4, 0.5) is 6.01 Å². The number of aliphatic hydroxyl groups is 1. The van der Waals surface area contributed by atoms with Crippen LogP contribution in [0.25, 0.3) is 11.1 Å². The zero-order chi connectivity index (χ0) is 31.8. The third kappa shape index (κ3) is 6.41. The molecule has 12 nitrogen and oxygen atoms in total. The van der Waals surface area contributed by atoms with E-state index in [1.807, 2.05) is 30.3 Å². The van der Waals surface area contributed by atoms with Crippen LogP contribution in [0.3, 0.4) is 0 Å². The van der Waals surface area contributed by atoms with E-state index in [4.69, 9.17) is 18.6 Å². The van der Waals surface area contributed by atoms with E-state index in [1.165, 1.54) is 16.4 Å². The Morgan fingerprint density at radius 3 is 2.78 bits per heavy atom. The summed E-state index contributed by atoms with van der Waals surface area (Å²) in [6.45, 7) is 2.58. The molecule has 3 N–H and O–H groups in total. The molecule has 8 atom stereocenters. The van der Waals surface area contributed by atoms with Gasteiger partial charge in [-0.3, -0.25) is 4.79 Å². The van der Waals surface area contributed by atoms with Crippen molar-refractivity contribution in [1.82, 2.24) is 14.6 Å². The van der Waals surface area contributed by atoms with Crippen LogP contribution in [-0.4, -0.2) is 93.7 Å². The number of ether oxygens (including phenoxy) is 3. The molecule has 3 saturated heterocycles. The van der Waals surface area contributed by atoms with Crippen molar-refractivity contribution in [2.75, 3.05) is 51.8 Å². The second-order valence-corrected chi connectivity index (χ2v) is 15.1. The summed E-state index contributed by atoms with van der Waals surface area (Å²) < 4.78 is 53.1. The van der Waals surface area contributed by atoms with Gasteiger partial charge in [-0.1, -0.05) is 30.3 Å². The number of oxazole rings is 1. The maximum atomic E-state index is 14.2. The van der Waals surface area contributed by atoms with Crippen LogP contribution in [0.15, 0.2) is 57.8 Å². The number of sulfonamides is 1. The summed E-state index contributed by atoms with van der Waals surface area (Å²) >= 11 is 0. The zero-order valence-electron chi connectivity index (χ0n) is 25.9. The van der Waals surface area contributed by atoms with E-state index in [1.54, 1.807) is 13.1 Å². The topological polar surface area (TPSA) is 152 Å². The van der Waals surface area contributed by atoms with Crippen molar-refractivity contribution in [1.29, 1.82) is 0 Å². The number of benzene rings is 2. The molecule has 4 fully saturated rings. The number of carbonyl (C=O) groups excluding carboxylic acids is 1. The van der Waals surface area contributed by atoms with Gasteiger partial charge in [0, 0.05) is 49.9 Å². The van der Waals surface area contributed by atoms with Crippen molar-refractivity contribution in [3.63, 3.8) is 0 Å². The minimum absolute atomic E-state index is 0.0441. The maximum absolute atomic E-state index is 14.2. The first-order valence-electron chi connectivity index (χ1n) is 16.2. The molecule has 1 saturated carbocycles. The predicted octanol–water partition coefficient (Wildman–Crippen LogP) is 2.63. The summed E-state index contributed by atoms with van der Waals surface area (Å²) in [5.41, 5.74) is 1.83. The Hall–Kier alpha value is -3.07. The molecule has 13 heteroatoms. The van der Waals surface area contributed by atoms with E-state index >= 15 is 0 Å². The summed E-state index contributed by atoms with van der Waals surface area (Å²) in [6, 6.07) is 14.5. The second-order valence-electron chi connectivity index (χ2n) is 13.1. The first kappa shape index (κ1) is 31.5. The molecule has 5 unspecified atom stereocenters. The molecule has 1 aromatic heterocycles. The number of hydrogen-bond donors (Lipinski definition) is 3. The first-order chi connectivity index (χ1) is 22.3. The highest BCUT2D eigenvalue weighted by Crippen LogP contribution is 2.49.